The monoisotopic (exact) mass is 216 g/mol. The van der Waals surface area contributed by atoms with E-state index in [1.54, 1.807) is 20.8 Å². The lowest BCUT2D eigenvalue weighted by molar-refractivity contribution is -0.117. The molecule has 0 aliphatic carbocycles. The van der Waals surface area contributed by atoms with Gasteiger partial charge in [-0.25, -0.2) is 0 Å². The minimum atomic E-state index is -1.19. The fraction of sp³-hybridized carbons (Fsp3) is 0.818. The largest absolute Gasteiger partial charge is 0.387 e. The molecule has 0 bridgehead atoms. The number of rotatable bonds is 4. The van der Waals surface area contributed by atoms with E-state index in [0.717, 1.165) is 0 Å². The average Bonchev–Trinajstić information content (AvgIpc) is 1.80. The zero-order chi connectivity index (χ0) is 11.6. The molecule has 2 N–H and O–H groups in total. The van der Waals surface area contributed by atoms with Crippen LogP contribution in [-0.2, 0) is 0 Å². The Bertz CT molecular complexity index is 206. The van der Waals surface area contributed by atoms with Crippen LogP contribution in [0.15, 0.2) is 11.8 Å². The molecule has 0 amide bonds. The van der Waals surface area contributed by atoms with Gasteiger partial charge in [0.1, 0.15) is 0 Å². The normalized spacial score (nSPS) is 18.6. The molecule has 0 spiro atoms. The molecule has 84 valence electrons. The Labute approximate surface area is 88.7 Å². The molecule has 1 unspecified atom stereocenters. The highest BCUT2D eigenvalue weighted by atomic mass is 28.3. The topological polar surface area (TPSA) is 40.5 Å². The van der Waals surface area contributed by atoms with E-state index in [9.17, 15) is 10.2 Å². The van der Waals surface area contributed by atoms with Crippen LogP contribution in [0.3, 0.4) is 0 Å². The van der Waals surface area contributed by atoms with Crippen LogP contribution in [0.5, 0.6) is 0 Å². The van der Waals surface area contributed by atoms with Crippen LogP contribution >= 0.6 is 0 Å². The highest BCUT2D eigenvalue weighted by Gasteiger charge is 2.36. The second kappa shape index (κ2) is 4.17. The quantitative estimate of drug-likeness (QED) is 0.708. The van der Waals surface area contributed by atoms with Gasteiger partial charge in [0.25, 0.3) is 0 Å². The Hall–Kier alpha value is -0.123. The Balaban J connectivity index is 4.34. The van der Waals surface area contributed by atoms with Gasteiger partial charge in [-0.2, -0.15) is 0 Å². The maximum atomic E-state index is 9.96. The SMILES string of the molecule is CC(C)(O)C(C)(O)CC=C[Si](C)(C)C. The fourth-order valence-electron chi connectivity index (χ4n) is 0.892. The van der Waals surface area contributed by atoms with Crippen molar-refractivity contribution in [3.8, 4) is 0 Å². The summed E-state index contributed by atoms with van der Waals surface area (Å²) in [6.45, 7) is 11.7. The lowest BCUT2D eigenvalue weighted by Gasteiger charge is -2.34. The van der Waals surface area contributed by atoms with E-state index in [0.29, 0.717) is 6.42 Å². The van der Waals surface area contributed by atoms with Gasteiger partial charge >= 0.3 is 0 Å². The number of aliphatic hydroxyl groups is 2. The third-order valence-electron chi connectivity index (χ3n) is 2.45. The molecule has 3 heteroatoms. The summed E-state index contributed by atoms with van der Waals surface area (Å²) in [7, 11) is -1.19. The molecule has 0 radical (unpaired) electrons. The van der Waals surface area contributed by atoms with Gasteiger partial charge in [-0.3, -0.25) is 0 Å². The molecule has 0 aromatic carbocycles. The standard InChI is InChI=1S/C11H24O2Si/c1-10(2,12)11(3,13)8-7-9-14(4,5)6/h7,9,12-13H,8H2,1-6H3. The molecule has 1 atom stereocenters. The molecule has 0 saturated heterocycles. The third-order valence-corrected chi connectivity index (χ3v) is 3.69. The van der Waals surface area contributed by atoms with Crippen LogP contribution in [0.25, 0.3) is 0 Å². The first-order valence-electron chi connectivity index (χ1n) is 5.08. The lowest BCUT2D eigenvalue weighted by Crippen LogP contribution is -2.47. The molecule has 0 aliphatic rings. The fourth-order valence-corrected chi connectivity index (χ4v) is 1.72. The van der Waals surface area contributed by atoms with Crippen molar-refractivity contribution in [1.82, 2.24) is 0 Å². The third kappa shape index (κ3) is 4.93. The molecule has 0 fully saturated rings. The number of hydrogen-bond donors (Lipinski definition) is 2. The van der Waals surface area contributed by atoms with Crippen molar-refractivity contribution in [2.24, 2.45) is 0 Å². The Morgan fingerprint density at radius 3 is 1.79 bits per heavy atom. The predicted molar refractivity (Wildman–Crippen MR) is 64.0 cm³/mol. The van der Waals surface area contributed by atoms with Crippen LogP contribution in [0.4, 0.5) is 0 Å². The Kier molecular flexibility index (Phi) is 4.13. The first kappa shape index (κ1) is 13.9. The summed E-state index contributed by atoms with van der Waals surface area (Å²) < 4.78 is 0. The van der Waals surface area contributed by atoms with E-state index in [4.69, 9.17) is 0 Å². The van der Waals surface area contributed by atoms with Gasteiger partial charge in [0.2, 0.25) is 0 Å². The summed E-state index contributed by atoms with van der Waals surface area (Å²) in [6.07, 6.45) is 2.49. The van der Waals surface area contributed by atoms with Crippen molar-refractivity contribution in [2.75, 3.05) is 0 Å². The molecule has 0 rings (SSSR count). The summed E-state index contributed by atoms with van der Waals surface area (Å²) in [5, 5.41) is 19.7. The van der Waals surface area contributed by atoms with Crippen molar-refractivity contribution < 1.29 is 10.2 Å². The molecule has 14 heavy (non-hydrogen) atoms. The van der Waals surface area contributed by atoms with Gasteiger partial charge in [0, 0.05) is 0 Å². The van der Waals surface area contributed by atoms with Crippen LogP contribution in [0.2, 0.25) is 19.6 Å². The van der Waals surface area contributed by atoms with Crippen LogP contribution in [0.1, 0.15) is 27.2 Å². The lowest BCUT2D eigenvalue weighted by atomic mass is 9.85. The van der Waals surface area contributed by atoms with Gasteiger partial charge in [-0.15, -0.1) is 0 Å². The van der Waals surface area contributed by atoms with Gasteiger partial charge in [-0.1, -0.05) is 31.4 Å². The van der Waals surface area contributed by atoms with Gasteiger partial charge in [0.05, 0.1) is 19.3 Å². The molecule has 0 saturated carbocycles. The summed E-state index contributed by atoms with van der Waals surface area (Å²) in [5.41, 5.74) is 0.0765. The minimum Gasteiger partial charge on any atom is -0.387 e. The molecule has 0 aromatic heterocycles. The van der Waals surface area contributed by atoms with Crippen molar-refractivity contribution in [2.45, 2.75) is 58.0 Å². The second-order valence-corrected chi connectivity index (χ2v) is 10.9. The van der Waals surface area contributed by atoms with E-state index < -0.39 is 19.3 Å². The highest BCUT2D eigenvalue weighted by Crippen LogP contribution is 2.25. The average molecular weight is 216 g/mol. The van der Waals surface area contributed by atoms with Gasteiger partial charge < -0.3 is 10.2 Å². The zero-order valence-corrected chi connectivity index (χ0v) is 11.3. The van der Waals surface area contributed by atoms with E-state index >= 15 is 0 Å². The Morgan fingerprint density at radius 1 is 1.07 bits per heavy atom. The van der Waals surface area contributed by atoms with Crippen molar-refractivity contribution in [1.29, 1.82) is 0 Å². The smallest absolute Gasteiger partial charge is 0.0933 e. The van der Waals surface area contributed by atoms with Gasteiger partial charge in [0.15, 0.2) is 0 Å². The van der Waals surface area contributed by atoms with Gasteiger partial charge in [-0.05, 0) is 27.2 Å². The van der Waals surface area contributed by atoms with Crippen LogP contribution in [0, 0.1) is 0 Å². The molecular weight excluding hydrogens is 192 g/mol. The summed E-state index contributed by atoms with van der Waals surface area (Å²) >= 11 is 0. The highest BCUT2D eigenvalue weighted by molar-refractivity contribution is 6.80. The van der Waals surface area contributed by atoms with Crippen molar-refractivity contribution in [3.63, 3.8) is 0 Å². The van der Waals surface area contributed by atoms with E-state index in [-0.39, 0.29) is 0 Å². The van der Waals surface area contributed by atoms with E-state index in [1.807, 2.05) is 6.08 Å². The number of hydrogen-bond acceptors (Lipinski definition) is 2. The summed E-state index contributed by atoms with van der Waals surface area (Å²) in [4.78, 5) is 0. The molecule has 0 heterocycles. The molecule has 0 aliphatic heterocycles. The van der Waals surface area contributed by atoms with Crippen LogP contribution < -0.4 is 0 Å². The van der Waals surface area contributed by atoms with E-state index in [2.05, 4.69) is 25.3 Å². The molecule has 2 nitrogen and oxygen atoms in total. The van der Waals surface area contributed by atoms with E-state index in [1.165, 1.54) is 0 Å². The zero-order valence-electron chi connectivity index (χ0n) is 10.3. The maximum Gasteiger partial charge on any atom is 0.0933 e. The molecule has 0 aromatic rings. The molecular formula is C11H24O2Si. The first-order chi connectivity index (χ1) is 5.96. The maximum absolute atomic E-state index is 9.96. The Morgan fingerprint density at radius 2 is 1.50 bits per heavy atom. The second-order valence-electron chi connectivity index (χ2n) is 5.81. The van der Waals surface area contributed by atoms with Crippen molar-refractivity contribution >= 4 is 8.07 Å². The summed E-state index contributed by atoms with van der Waals surface area (Å²) in [6, 6.07) is 0. The van der Waals surface area contributed by atoms with Crippen molar-refractivity contribution in [3.05, 3.63) is 11.8 Å². The first-order valence-corrected chi connectivity index (χ1v) is 8.66. The summed E-state index contributed by atoms with van der Waals surface area (Å²) in [5.74, 6) is 0. The minimum absolute atomic E-state index is 0.501. The predicted octanol–water partition coefficient (Wildman–Crippen LogP) is 2.33. The van der Waals surface area contributed by atoms with Crippen LogP contribution in [-0.4, -0.2) is 29.5 Å².